The minimum absolute atomic E-state index is 0.126. The predicted octanol–water partition coefficient (Wildman–Crippen LogP) is 1.91. The maximum Gasteiger partial charge on any atom is 0.223 e. The summed E-state index contributed by atoms with van der Waals surface area (Å²) in [4.78, 5) is 12.0. The van der Waals surface area contributed by atoms with E-state index >= 15 is 0 Å². The second kappa shape index (κ2) is 5.17. The van der Waals surface area contributed by atoms with Crippen LogP contribution >= 0.6 is 0 Å². The molecule has 0 aromatic carbocycles. The first kappa shape index (κ1) is 13.5. The lowest BCUT2D eigenvalue weighted by atomic mass is 9.79. The van der Waals surface area contributed by atoms with E-state index in [1.54, 1.807) is 0 Å². The summed E-state index contributed by atoms with van der Waals surface area (Å²) in [5, 5.41) is 3.04. The third-order valence-electron chi connectivity index (χ3n) is 3.14. The number of carbonyl (C=O) groups excluding carboxylic acids is 1. The normalized spacial score (nSPS) is 31.2. The maximum absolute atomic E-state index is 12.0. The second-order valence-corrected chi connectivity index (χ2v) is 6.55. The van der Waals surface area contributed by atoms with Crippen molar-refractivity contribution in [3.05, 3.63) is 0 Å². The van der Waals surface area contributed by atoms with Gasteiger partial charge in [0, 0.05) is 18.5 Å². The molecule has 0 spiro atoms. The third kappa shape index (κ3) is 4.52. The Bertz CT molecular complexity index is 235. The Kier molecular flexibility index (Phi) is 4.36. The number of nitrogens with two attached hydrogens (primary N) is 1. The van der Waals surface area contributed by atoms with Crippen LogP contribution in [-0.4, -0.2) is 18.5 Å². The minimum atomic E-state index is 0.126. The van der Waals surface area contributed by atoms with Gasteiger partial charge in [-0.05, 0) is 30.6 Å². The molecule has 3 heteroatoms. The molecule has 0 aromatic rings. The molecule has 0 bridgehead atoms. The molecule has 0 aliphatic heterocycles. The van der Waals surface area contributed by atoms with Crippen LogP contribution in [0.3, 0.4) is 0 Å². The summed E-state index contributed by atoms with van der Waals surface area (Å²) < 4.78 is 0. The Balaban J connectivity index is 2.41. The zero-order chi connectivity index (χ0) is 12.3. The highest BCUT2D eigenvalue weighted by Gasteiger charge is 2.29. The van der Waals surface area contributed by atoms with Gasteiger partial charge < -0.3 is 11.1 Å². The first-order valence-electron chi connectivity index (χ1n) is 6.31. The molecular weight excluding hydrogens is 200 g/mol. The number of carbonyl (C=O) groups is 1. The summed E-state index contributed by atoms with van der Waals surface area (Å²) >= 11 is 0. The van der Waals surface area contributed by atoms with E-state index in [9.17, 15) is 4.79 Å². The van der Waals surface area contributed by atoms with Gasteiger partial charge in [0.2, 0.25) is 5.91 Å². The van der Waals surface area contributed by atoms with Gasteiger partial charge in [-0.1, -0.05) is 27.7 Å². The molecule has 1 aliphatic rings. The van der Waals surface area contributed by atoms with Gasteiger partial charge in [0.1, 0.15) is 0 Å². The maximum atomic E-state index is 12.0. The van der Waals surface area contributed by atoms with Gasteiger partial charge in [-0.15, -0.1) is 0 Å². The first-order chi connectivity index (χ1) is 7.28. The van der Waals surface area contributed by atoms with Crippen molar-refractivity contribution in [2.75, 3.05) is 6.54 Å². The lowest BCUT2D eigenvalue weighted by Gasteiger charge is -2.31. The van der Waals surface area contributed by atoms with Crippen molar-refractivity contribution in [1.29, 1.82) is 0 Å². The molecule has 3 N–H and O–H groups in total. The second-order valence-electron chi connectivity index (χ2n) is 6.55. The van der Waals surface area contributed by atoms with Crippen LogP contribution in [0.2, 0.25) is 0 Å². The lowest BCUT2D eigenvalue weighted by Crippen LogP contribution is -2.42. The molecule has 1 rings (SSSR count). The van der Waals surface area contributed by atoms with Crippen LogP contribution in [-0.2, 0) is 4.79 Å². The van der Waals surface area contributed by atoms with E-state index in [1.807, 2.05) is 0 Å². The highest BCUT2D eigenvalue weighted by Crippen LogP contribution is 2.28. The van der Waals surface area contributed by atoms with Gasteiger partial charge in [0.15, 0.2) is 0 Å². The van der Waals surface area contributed by atoms with E-state index in [4.69, 9.17) is 5.73 Å². The smallest absolute Gasteiger partial charge is 0.223 e. The van der Waals surface area contributed by atoms with Crippen LogP contribution in [0, 0.1) is 17.3 Å². The molecule has 3 atom stereocenters. The van der Waals surface area contributed by atoms with Gasteiger partial charge in [0.25, 0.3) is 0 Å². The van der Waals surface area contributed by atoms with Crippen molar-refractivity contribution in [3.63, 3.8) is 0 Å². The average Bonchev–Trinajstić information content (AvgIpc) is 2.11. The molecule has 0 saturated heterocycles. The zero-order valence-corrected chi connectivity index (χ0v) is 11.0. The number of amides is 1. The molecule has 1 saturated carbocycles. The van der Waals surface area contributed by atoms with E-state index < -0.39 is 0 Å². The van der Waals surface area contributed by atoms with Gasteiger partial charge >= 0.3 is 0 Å². The average molecular weight is 226 g/mol. The lowest BCUT2D eigenvalue weighted by molar-refractivity contribution is -0.127. The molecule has 0 heterocycles. The van der Waals surface area contributed by atoms with E-state index in [1.165, 1.54) is 0 Å². The molecule has 0 radical (unpaired) electrons. The SMILES string of the molecule is CC1CC(N)CC(C(=O)NCC(C)(C)C)C1. The standard InChI is InChI=1S/C13H26N2O/c1-9-5-10(7-11(14)6-9)12(16)15-8-13(2,3)4/h9-11H,5-8,14H2,1-4H3,(H,15,16). The van der Waals surface area contributed by atoms with Crippen molar-refractivity contribution in [2.24, 2.45) is 23.0 Å². The van der Waals surface area contributed by atoms with E-state index in [-0.39, 0.29) is 23.3 Å². The van der Waals surface area contributed by atoms with Gasteiger partial charge in [0.05, 0.1) is 0 Å². The predicted molar refractivity (Wildman–Crippen MR) is 66.9 cm³/mol. The third-order valence-corrected chi connectivity index (χ3v) is 3.14. The monoisotopic (exact) mass is 226 g/mol. The van der Waals surface area contributed by atoms with Crippen LogP contribution in [0.5, 0.6) is 0 Å². The van der Waals surface area contributed by atoms with Crippen molar-refractivity contribution >= 4 is 5.91 Å². The fourth-order valence-electron chi connectivity index (χ4n) is 2.37. The first-order valence-corrected chi connectivity index (χ1v) is 6.31. The Hall–Kier alpha value is -0.570. The quantitative estimate of drug-likeness (QED) is 0.755. The molecule has 0 aromatic heterocycles. The summed E-state index contributed by atoms with van der Waals surface area (Å²) in [5.41, 5.74) is 6.11. The molecule has 3 unspecified atom stereocenters. The molecule has 1 amide bonds. The highest BCUT2D eigenvalue weighted by atomic mass is 16.1. The molecule has 1 fully saturated rings. The molecule has 94 valence electrons. The Morgan fingerprint density at radius 1 is 1.31 bits per heavy atom. The zero-order valence-electron chi connectivity index (χ0n) is 11.0. The Morgan fingerprint density at radius 2 is 1.94 bits per heavy atom. The van der Waals surface area contributed by atoms with Crippen LogP contribution in [0.15, 0.2) is 0 Å². The van der Waals surface area contributed by atoms with Crippen LogP contribution in [0.25, 0.3) is 0 Å². The number of hydrogen-bond donors (Lipinski definition) is 2. The fraction of sp³-hybridized carbons (Fsp3) is 0.923. The summed E-state index contributed by atoms with van der Waals surface area (Å²) in [5.74, 6) is 0.896. The van der Waals surface area contributed by atoms with E-state index in [2.05, 4.69) is 33.0 Å². The van der Waals surface area contributed by atoms with Crippen LogP contribution < -0.4 is 11.1 Å². The summed E-state index contributed by atoms with van der Waals surface area (Å²) in [7, 11) is 0. The number of nitrogens with one attached hydrogen (secondary N) is 1. The summed E-state index contributed by atoms with van der Waals surface area (Å²) in [6, 6.07) is 0.203. The molecule has 16 heavy (non-hydrogen) atoms. The van der Waals surface area contributed by atoms with Crippen molar-refractivity contribution < 1.29 is 4.79 Å². The largest absolute Gasteiger partial charge is 0.355 e. The number of rotatable bonds is 2. The van der Waals surface area contributed by atoms with E-state index in [0.717, 1.165) is 25.8 Å². The molecule has 1 aliphatic carbocycles. The van der Waals surface area contributed by atoms with Crippen LogP contribution in [0.1, 0.15) is 47.0 Å². The van der Waals surface area contributed by atoms with Gasteiger partial charge in [-0.25, -0.2) is 0 Å². The van der Waals surface area contributed by atoms with Gasteiger partial charge in [-0.2, -0.15) is 0 Å². The van der Waals surface area contributed by atoms with Crippen molar-refractivity contribution in [3.8, 4) is 0 Å². The van der Waals surface area contributed by atoms with Crippen LogP contribution in [0.4, 0.5) is 0 Å². The Labute approximate surface area is 99.2 Å². The highest BCUT2D eigenvalue weighted by molar-refractivity contribution is 5.78. The molecular formula is C13H26N2O. The van der Waals surface area contributed by atoms with Crippen molar-refractivity contribution in [2.45, 2.75) is 53.0 Å². The van der Waals surface area contributed by atoms with Crippen molar-refractivity contribution in [1.82, 2.24) is 5.32 Å². The fourth-order valence-corrected chi connectivity index (χ4v) is 2.37. The minimum Gasteiger partial charge on any atom is -0.355 e. The summed E-state index contributed by atoms with van der Waals surface area (Å²) in [6.45, 7) is 9.31. The topological polar surface area (TPSA) is 55.1 Å². The summed E-state index contributed by atoms with van der Waals surface area (Å²) in [6.07, 6.45) is 2.90. The van der Waals surface area contributed by atoms with Gasteiger partial charge in [-0.3, -0.25) is 4.79 Å². The number of hydrogen-bond acceptors (Lipinski definition) is 2. The Morgan fingerprint density at radius 3 is 2.44 bits per heavy atom. The van der Waals surface area contributed by atoms with E-state index in [0.29, 0.717) is 5.92 Å². The molecule has 3 nitrogen and oxygen atoms in total.